The molecular weight excluding hydrogens is 279 g/mol. The first-order chi connectivity index (χ1) is 9.90. The van der Waals surface area contributed by atoms with Crippen LogP contribution < -0.4 is 5.32 Å². The molecule has 3 unspecified atom stereocenters. The molecule has 0 bridgehead atoms. The highest BCUT2D eigenvalue weighted by atomic mass is 19.4. The first kappa shape index (κ1) is 15.6. The number of halogens is 3. The van der Waals surface area contributed by atoms with Crippen LogP contribution in [0.25, 0.3) is 0 Å². The van der Waals surface area contributed by atoms with Gasteiger partial charge in [0.1, 0.15) is 0 Å². The minimum absolute atomic E-state index is 0.373. The summed E-state index contributed by atoms with van der Waals surface area (Å²) in [4.78, 5) is 4.14. The smallest absolute Gasteiger partial charge is 0.312 e. The summed E-state index contributed by atoms with van der Waals surface area (Å²) in [5.41, 5.74) is 0. The van der Waals surface area contributed by atoms with E-state index in [9.17, 15) is 13.2 Å². The quantitative estimate of drug-likeness (QED) is 0.839. The molecule has 1 N–H and O–H groups in total. The van der Waals surface area contributed by atoms with Gasteiger partial charge in [-0.15, -0.1) is 0 Å². The lowest BCUT2D eigenvalue weighted by molar-refractivity contribution is -0.143. The Morgan fingerprint density at radius 3 is 2.57 bits per heavy atom. The van der Waals surface area contributed by atoms with Gasteiger partial charge in [-0.1, -0.05) is 0 Å². The third-order valence-corrected chi connectivity index (χ3v) is 5.11. The Bertz CT molecular complexity index is 357. The molecule has 3 nitrogen and oxygen atoms in total. The van der Waals surface area contributed by atoms with Crippen LogP contribution in [0.2, 0.25) is 0 Å². The van der Waals surface area contributed by atoms with Gasteiger partial charge in [-0.3, -0.25) is 9.80 Å². The Morgan fingerprint density at radius 1 is 1.14 bits per heavy atom. The molecule has 3 aliphatic rings. The molecule has 21 heavy (non-hydrogen) atoms. The van der Waals surface area contributed by atoms with Crippen molar-refractivity contribution in [2.45, 2.75) is 56.9 Å². The molecule has 1 aliphatic carbocycles. The lowest BCUT2D eigenvalue weighted by Crippen LogP contribution is -2.38. The summed E-state index contributed by atoms with van der Waals surface area (Å²) in [5, 5.41) is 3.60. The number of hydrogen-bond donors (Lipinski definition) is 1. The van der Waals surface area contributed by atoms with Crippen LogP contribution in [0.3, 0.4) is 0 Å². The van der Waals surface area contributed by atoms with Crippen molar-refractivity contribution in [2.24, 2.45) is 5.92 Å². The van der Waals surface area contributed by atoms with E-state index in [4.69, 9.17) is 0 Å². The fourth-order valence-electron chi connectivity index (χ4n) is 3.93. The maximum absolute atomic E-state index is 12.4. The van der Waals surface area contributed by atoms with E-state index >= 15 is 0 Å². The Morgan fingerprint density at radius 2 is 1.90 bits per heavy atom. The maximum Gasteiger partial charge on any atom is 0.401 e. The molecule has 0 aromatic carbocycles. The molecular formula is C15H26F3N3. The number of rotatable bonds is 5. The van der Waals surface area contributed by atoms with E-state index < -0.39 is 12.7 Å². The maximum atomic E-state index is 12.4. The SMILES string of the molecule is CC1CC(NCC2CCN(CC(F)(F)F)C2)CN1C1CC1. The number of nitrogens with zero attached hydrogens (tertiary/aromatic N) is 2. The monoisotopic (exact) mass is 305 g/mol. The van der Waals surface area contributed by atoms with Gasteiger partial charge in [0, 0.05) is 31.2 Å². The fourth-order valence-corrected chi connectivity index (χ4v) is 3.93. The molecule has 0 aromatic heterocycles. The van der Waals surface area contributed by atoms with Gasteiger partial charge in [0.2, 0.25) is 0 Å². The molecule has 0 spiro atoms. The summed E-state index contributed by atoms with van der Waals surface area (Å²) in [7, 11) is 0. The standard InChI is InChI=1S/C15H26F3N3/c1-11-6-13(9-21(11)14-2-3-14)19-7-12-4-5-20(8-12)10-15(16,17)18/h11-14,19H,2-10H2,1H3. The van der Waals surface area contributed by atoms with E-state index in [0.717, 1.165) is 25.6 Å². The molecule has 2 saturated heterocycles. The Balaban J connectivity index is 1.36. The number of alkyl halides is 3. The van der Waals surface area contributed by atoms with Crippen LogP contribution in [0.1, 0.15) is 32.6 Å². The van der Waals surface area contributed by atoms with E-state index in [2.05, 4.69) is 17.1 Å². The third-order valence-electron chi connectivity index (χ3n) is 5.11. The van der Waals surface area contributed by atoms with Crippen molar-refractivity contribution in [1.29, 1.82) is 0 Å². The van der Waals surface area contributed by atoms with Crippen LogP contribution in [0, 0.1) is 5.92 Å². The molecule has 0 aromatic rings. The minimum atomic E-state index is -4.06. The summed E-state index contributed by atoms with van der Waals surface area (Å²) in [6, 6.07) is 1.98. The van der Waals surface area contributed by atoms with Crippen molar-refractivity contribution < 1.29 is 13.2 Å². The average Bonchev–Trinajstić information content (AvgIpc) is 3.02. The normalized spacial score (nSPS) is 35.7. The van der Waals surface area contributed by atoms with Crippen molar-refractivity contribution in [3.8, 4) is 0 Å². The van der Waals surface area contributed by atoms with Gasteiger partial charge in [0.15, 0.2) is 0 Å². The molecule has 3 atom stereocenters. The zero-order chi connectivity index (χ0) is 15.0. The first-order valence-corrected chi connectivity index (χ1v) is 8.19. The fraction of sp³-hybridized carbons (Fsp3) is 1.00. The van der Waals surface area contributed by atoms with Crippen molar-refractivity contribution in [3.05, 3.63) is 0 Å². The predicted molar refractivity (Wildman–Crippen MR) is 76.2 cm³/mol. The van der Waals surface area contributed by atoms with Crippen LogP contribution in [0.15, 0.2) is 0 Å². The van der Waals surface area contributed by atoms with Gasteiger partial charge in [-0.05, 0) is 51.6 Å². The van der Waals surface area contributed by atoms with Gasteiger partial charge in [0.05, 0.1) is 6.54 Å². The summed E-state index contributed by atoms with van der Waals surface area (Å²) < 4.78 is 37.1. The highest BCUT2D eigenvalue weighted by Gasteiger charge is 2.39. The topological polar surface area (TPSA) is 18.5 Å². The third kappa shape index (κ3) is 4.33. The largest absolute Gasteiger partial charge is 0.401 e. The van der Waals surface area contributed by atoms with Crippen molar-refractivity contribution in [2.75, 3.05) is 32.7 Å². The highest BCUT2D eigenvalue weighted by Crippen LogP contribution is 2.33. The molecule has 0 amide bonds. The molecule has 2 aliphatic heterocycles. The summed E-state index contributed by atoms with van der Waals surface area (Å²) >= 11 is 0. The summed E-state index contributed by atoms with van der Waals surface area (Å²) in [5.74, 6) is 0.373. The number of likely N-dealkylation sites (tertiary alicyclic amines) is 2. The van der Waals surface area contributed by atoms with Crippen molar-refractivity contribution in [3.63, 3.8) is 0 Å². The van der Waals surface area contributed by atoms with E-state index in [1.54, 1.807) is 4.90 Å². The Labute approximate surface area is 124 Å². The van der Waals surface area contributed by atoms with E-state index in [0.29, 0.717) is 31.1 Å². The second-order valence-corrected chi connectivity index (χ2v) is 7.12. The molecule has 3 rings (SSSR count). The highest BCUT2D eigenvalue weighted by molar-refractivity contribution is 4.96. The Hall–Kier alpha value is -0.330. The lowest BCUT2D eigenvalue weighted by Gasteiger charge is -2.20. The van der Waals surface area contributed by atoms with Gasteiger partial charge >= 0.3 is 6.18 Å². The molecule has 122 valence electrons. The van der Waals surface area contributed by atoms with Gasteiger partial charge in [-0.2, -0.15) is 13.2 Å². The second-order valence-electron chi connectivity index (χ2n) is 7.12. The first-order valence-electron chi connectivity index (χ1n) is 8.19. The second kappa shape index (κ2) is 6.05. The molecule has 3 fully saturated rings. The molecule has 2 heterocycles. The van der Waals surface area contributed by atoms with Crippen LogP contribution in [-0.4, -0.2) is 66.8 Å². The number of hydrogen-bond acceptors (Lipinski definition) is 3. The van der Waals surface area contributed by atoms with Crippen molar-refractivity contribution >= 4 is 0 Å². The van der Waals surface area contributed by atoms with Crippen LogP contribution in [-0.2, 0) is 0 Å². The van der Waals surface area contributed by atoms with E-state index in [1.165, 1.54) is 19.3 Å². The van der Waals surface area contributed by atoms with Gasteiger partial charge in [0.25, 0.3) is 0 Å². The van der Waals surface area contributed by atoms with Gasteiger partial charge < -0.3 is 5.32 Å². The van der Waals surface area contributed by atoms with Gasteiger partial charge in [-0.25, -0.2) is 0 Å². The minimum Gasteiger partial charge on any atom is -0.312 e. The van der Waals surface area contributed by atoms with Crippen molar-refractivity contribution in [1.82, 2.24) is 15.1 Å². The summed E-state index contributed by atoms with van der Waals surface area (Å²) in [6.07, 6.45) is 0.680. The van der Waals surface area contributed by atoms with Crippen LogP contribution >= 0.6 is 0 Å². The molecule has 0 radical (unpaired) electrons. The van der Waals surface area contributed by atoms with Crippen LogP contribution in [0.4, 0.5) is 13.2 Å². The van der Waals surface area contributed by atoms with E-state index in [1.807, 2.05) is 0 Å². The molecule has 6 heteroatoms. The summed E-state index contributed by atoms with van der Waals surface area (Å²) in [6.45, 7) is 4.69. The number of nitrogens with one attached hydrogen (secondary N) is 1. The molecule has 1 saturated carbocycles. The predicted octanol–water partition coefficient (Wildman–Crippen LogP) is 2.09. The zero-order valence-electron chi connectivity index (χ0n) is 12.7. The van der Waals surface area contributed by atoms with E-state index in [-0.39, 0.29) is 0 Å². The van der Waals surface area contributed by atoms with Crippen LogP contribution in [0.5, 0.6) is 0 Å². The Kier molecular flexibility index (Phi) is 4.48. The average molecular weight is 305 g/mol. The zero-order valence-corrected chi connectivity index (χ0v) is 12.7. The lowest BCUT2D eigenvalue weighted by atomic mass is 10.1.